The molecule has 0 unspecified atom stereocenters. The number of nitrogens with zero attached hydrogens (tertiary/aromatic N) is 6. The smallest absolute Gasteiger partial charge is 0.366 e. The molecule has 0 amide bonds. The Bertz CT molecular complexity index is 2510. The van der Waals surface area contributed by atoms with Crippen LogP contribution in [0.1, 0.15) is 213 Å². The quantitative estimate of drug-likeness (QED) is 0.141. The van der Waals surface area contributed by atoms with Gasteiger partial charge in [-0.15, -0.1) is 0 Å². The molecule has 9 fully saturated rings. The number of hydrogen-bond acceptors (Lipinski definition) is 12. The van der Waals surface area contributed by atoms with Gasteiger partial charge in [0, 0.05) is 33.2 Å². The highest BCUT2D eigenvalue weighted by atomic mass is 19.4. The van der Waals surface area contributed by atoms with Crippen LogP contribution in [0.3, 0.4) is 0 Å². The van der Waals surface area contributed by atoms with Gasteiger partial charge in [-0.1, -0.05) is 0 Å². The molecule has 86 heavy (non-hydrogen) atoms. The van der Waals surface area contributed by atoms with E-state index in [0.29, 0.717) is 55.4 Å². The molecular formula is C56H84F18N6O6. The van der Waals surface area contributed by atoms with E-state index in [2.05, 4.69) is 0 Å². The molecule has 9 rings (SSSR count). The summed E-state index contributed by atoms with van der Waals surface area (Å²) in [4.78, 5) is -0.547. The van der Waals surface area contributed by atoms with Crippen molar-refractivity contribution in [2.24, 2.45) is 0 Å². The summed E-state index contributed by atoms with van der Waals surface area (Å²) in [6, 6.07) is 0. The lowest BCUT2D eigenvalue weighted by Gasteiger charge is -2.85. The first kappa shape index (κ1) is 68.6. The summed E-state index contributed by atoms with van der Waals surface area (Å²) in [5, 5.41) is 79.9. The maximum Gasteiger partial charge on any atom is 0.433 e. The third-order valence-corrected chi connectivity index (χ3v) is 24.4. The number of halogens is 18. The molecule has 3 saturated heterocycles. The molecule has 0 aromatic heterocycles. The van der Waals surface area contributed by atoms with Crippen LogP contribution in [0.2, 0.25) is 0 Å². The Morgan fingerprint density at radius 2 is 0.314 bits per heavy atom. The van der Waals surface area contributed by atoms with Gasteiger partial charge in [-0.05, 0) is 213 Å². The van der Waals surface area contributed by atoms with E-state index in [1.165, 1.54) is 0 Å². The molecule has 0 aromatic carbocycles. The van der Waals surface area contributed by atoms with Gasteiger partial charge in [-0.2, -0.15) is 79.0 Å². The largest absolute Gasteiger partial charge is 0.433 e. The summed E-state index contributed by atoms with van der Waals surface area (Å²) in [5.41, 5.74) is -67.2. The van der Waals surface area contributed by atoms with E-state index in [9.17, 15) is 30.6 Å². The lowest BCUT2D eigenvalue weighted by atomic mass is 9.49. The van der Waals surface area contributed by atoms with Crippen molar-refractivity contribution in [3.63, 3.8) is 0 Å². The maximum absolute atomic E-state index is 17.7. The Hall–Kier alpha value is -1.74. The standard InChI is InChI=1S/C56H84F18N6O6/c1-33(2,3)75-39(21-15-22-39)47(83,53(63,64)65)77(41(25-17-26-41)45(75,81)51(57,58)59)35(7,8)37(11,12)79-43(29-19-30-43)50(86,56(72,73)74)80(44(31-20-32-44)49(79,85)55(69,70)71)38(13,14)36(9,10)78-42(27-18-28-42)46(82,52(60,61)62)76(34(4,5)6)40(23-16-24-40)48(78,84)54(66,67)68/h81-86H,15-32H2,1-14H3/t45-,46+,47-,48+,49+,50-. The number of hydrogen-bond donors (Lipinski definition) is 6. The predicted octanol–water partition coefficient (Wildman–Crippen LogP) is 11.6. The fraction of sp³-hybridized carbons (Fsp3) is 1.00. The lowest BCUT2D eigenvalue weighted by molar-refractivity contribution is -0.536. The SMILES string of the molecule is CC(C)(C)N1C2(CCC2)[C@](O)(C(F)(F)F)N(C(C)(C)C(C)(C)N2C3(CCC3)[C@](O)(C(F)(F)F)N(C(C)(C)C(C)(C)N3C4(CCC4)[C@@](O)(C(F)(F)F)N(C(C)(C)C)C4(CCC4)[C@@]3(O)C(F)(F)F)C3(CCC3)[C@@]2(O)C(F)(F)F)C2(CCC2)[C@]1(O)C(F)(F)F. The summed E-state index contributed by atoms with van der Waals surface area (Å²) in [6.45, 7) is 11.2. The molecule has 6 saturated carbocycles. The summed E-state index contributed by atoms with van der Waals surface area (Å²) in [7, 11) is 0. The van der Waals surface area contributed by atoms with Gasteiger partial charge in [-0.25, -0.2) is 19.6 Å². The highest BCUT2D eigenvalue weighted by molar-refractivity contribution is 5.41. The fourth-order valence-electron chi connectivity index (χ4n) is 20.0. The molecule has 0 bridgehead atoms. The first-order valence-electron chi connectivity index (χ1n) is 29.5. The highest BCUT2D eigenvalue weighted by Crippen LogP contribution is 2.78. The van der Waals surface area contributed by atoms with Crippen molar-refractivity contribution in [3.05, 3.63) is 0 Å². The molecule has 6 atom stereocenters. The highest BCUT2D eigenvalue weighted by Gasteiger charge is 2.97. The molecule has 0 aromatic rings. The van der Waals surface area contributed by atoms with E-state index in [1.54, 1.807) is 0 Å². The predicted molar refractivity (Wildman–Crippen MR) is 272 cm³/mol. The molecule has 30 heteroatoms. The zero-order valence-corrected chi connectivity index (χ0v) is 50.9. The monoisotopic (exact) mass is 1280 g/mol. The summed E-state index contributed by atoms with van der Waals surface area (Å²) >= 11 is 0. The second-order valence-corrected chi connectivity index (χ2v) is 30.9. The number of piperazine rings is 3. The van der Waals surface area contributed by atoms with Gasteiger partial charge in [0.05, 0.1) is 33.2 Å². The van der Waals surface area contributed by atoms with Crippen molar-refractivity contribution in [1.82, 2.24) is 29.4 Å². The Labute approximate surface area is 488 Å². The normalized spacial score (nSPS) is 36.9. The molecule has 12 nitrogen and oxygen atoms in total. The summed E-state index contributed by atoms with van der Waals surface area (Å²) in [6.07, 6.45) is -53.3. The van der Waals surface area contributed by atoms with E-state index in [-0.39, 0.29) is 42.2 Å². The van der Waals surface area contributed by atoms with Crippen LogP contribution in [0.15, 0.2) is 0 Å². The third-order valence-electron chi connectivity index (χ3n) is 24.4. The number of rotatable bonds is 6. The van der Waals surface area contributed by atoms with E-state index in [1.807, 2.05) is 0 Å². The van der Waals surface area contributed by atoms with Crippen molar-refractivity contribution in [1.29, 1.82) is 0 Å². The van der Waals surface area contributed by atoms with Crippen LogP contribution < -0.4 is 0 Å². The summed E-state index contributed by atoms with van der Waals surface area (Å²) in [5.74, 6) is 0. The van der Waals surface area contributed by atoms with Crippen LogP contribution in [0.4, 0.5) is 79.0 Å². The molecule has 3 heterocycles. The van der Waals surface area contributed by atoms with Crippen LogP contribution in [-0.4, -0.2) is 198 Å². The van der Waals surface area contributed by atoms with Crippen molar-refractivity contribution in [2.75, 3.05) is 0 Å². The Morgan fingerprint density at radius 1 is 0.209 bits per heavy atom. The van der Waals surface area contributed by atoms with Gasteiger partial charge in [0.1, 0.15) is 0 Å². The number of alkyl halides is 18. The van der Waals surface area contributed by atoms with Crippen LogP contribution in [-0.2, 0) is 0 Å². The molecule has 6 spiro atoms. The van der Waals surface area contributed by atoms with Gasteiger partial charge >= 0.3 is 37.1 Å². The van der Waals surface area contributed by atoms with Gasteiger partial charge in [0.15, 0.2) is 0 Å². The first-order valence-corrected chi connectivity index (χ1v) is 29.5. The Balaban J connectivity index is 1.38. The van der Waals surface area contributed by atoms with Crippen molar-refractivity contribution >= 4 is 0 Å². The first-order chi connectivity index (χ1) is 37.9. The van der Waals surface area contributed by atoms with Gasteiger partial charge in [0.25, 0.3) is 0 Å². The van der Waals surface area contributed by atoms with Crippen LogP contribution in [0.5, 0.6) is 0 Å². The second-order valence-electron chi connectivity index (χ2n) is 30.9. The van der Waals surface area contributed by atoms with Crippen molar-refractivity contribution in [2.45, 2.75) is 350 Å². The zero-order chi connectivity index (χ0) is 66.2. The average molecular weight is 1280 g/mol. The fourth-order valence-corrected chi connectivity index (χ4v) is 20.0. The lowest BCUT2D eigenvalue weighted by Crippen LogP contribution is -3.04. The number of aliphatic hydroxyl groups is 6. The molecular weight excluding hydrogens is 1190 g/mol. The minimum Gasteiger partial charge on any atom is -0.366 e. The molecule has 6 aliphatic carbocycles. The van der Waals surface area contributed by atoms with Crippen molar-refractivity contribution < 1.29 is 110 Å². The second kappa shape index (κ2) is 17.7. The van der Waals surface area contributed by atoms with Crippen LogP contribution in [0, 0.1) is 0 Å². The van der Waals surface area contributed by atoms with Gasteiger partial charge < -0.3 is 30.6 Å². The van der Waals surface area contributed by atoms with Crippen LogP contribution in [0.25, 0.3) is 0 Å². The van der Waals surface area contributed by atoms with Gasteiger partial charge in [0.2, 0.25) is 34.3 Å². The minimum atomic E-state index is -6.44. The molecule has 9 aliphatic rings. The topological polar surface area (TPSA) is 141 Å². The minimum absolute atomic E-state index is 0.148. The Kier molecular flexibility index (Phi) is 14.1. The van der Waals surface area contributed by atoms with E-state index >= 15 is 79.0 Å². The summed E-state index contributed by atoms with van der Waals surface area (Å²) < 4.78 is 307. The zero-order valence-electron chi connectivity index (χ0n) is 50.9. The van der Waals surface area contributed by atoms with Crippen LogP contribution >= 0.6 is 0 Å². The maximum atomic E-state index is 17.7. The van der Waals surface area contributed by atoms with Gasteiger partial charge in [-0.3, -0.25) is 9.80 Å². The van der Waals surface area contributed by atoms with E-state index in [0.717, 1.165) is 41.5 Å². The molecule has 6 N–H and O–H groups in total. The molecule has 3 aliphatic heterocycles. The molecule has 0 radical (unpaired) electrons. The van der Waals surface area contributed by atoms with Crippen molar-refractivity contribution in [3.8, 4) is 0 Å². The average Bonchev–Trinajstić information content (AvgIpc) is 2.37. The third kappa shape index (κ3) is 6.92. The Morgan fingerprint density at radius 3 is 0.395 bits per heavy atom. The van der Waals surface area contributed by atoms with E-state index < -0.39 is 241 Å². The molecule has 500 valence electrons. The van der Waals surface area contributed by atoms with E-state index in [4.69, 9.17) is 0 Å².